The summed E-state index contributed by atoms with van der Waals surface area (Å²) in [6.07, 6.45) is 7.30. The maximum absolute atomic E-state index is 13.3. The van der Waals surface area contributed by atoms with Gasteiger partial charge < -0.3 is 9.80 Å². The second kappa shape index (κ2) is 6.51. The smallest absolute Gasteiger partial charge is 0.285 e. The van der Waals surface area contributed by atoms with Crippen molar-refractivity contribution in [2.75, 3.05) is 25.0 Å². The number of likely N-dealkylation sites (tertiary alicyclic amines) is 1. The maximum atomic E-state index is 13.3. The average molecular weight is 330 g/mol. The third kappa shape index (κ3) is 2.88. The van der Waals surface area contributed by atoms with Crippen molar-refractivity contribution in [2.45, 2.75) is 71.8 Å². The molecular formula is C21H33N2O+. The van der Waals surface area contributed by atoms with E-state index in [-0.39, 0.29) is 11.4 Å². The predicted octanol–water partition coefficient (Wildman–Crippen LogP) is 4.49. The Labute approximate surface area is 147 Å². The molecule has 0 bridgehead atoms. The molecule has 1 saturated heterocycles. The average Bonchev–Trinajstić information content (AvgIpc) is 3.34. The minimum Gasteiger partial charge on any atom is -0.320 e. The van der Waals surface area contributed by atoms with Crippen LogP contribution in [-0.4, -0.2) is 35.6 Å². The van der Waals surface area contributed by atoms with Crippen LogP contribution in [0.5, 0.6) is 0 Å². The molecule has 1 aromatic carbocycles. The van der Waals surface area contributed by atoms with E-state index in [9.17, 15) is 4.79 Å². The Bertz CT molecular complexity index is 600. The minimum atomic E-state index is -0.164. The van der Waals surface area contributed by atoms with E-state index in [1.165, 1.54) is 55.5 Å². The van der Waals surface area contributed by atoms with Crippen LogP contribution in [-0.2, 0) is 4.79 Å². The van der Waals surface area contributed by atoms with Gasteiger partial charge in [0, 0.05) is 18.5 Å². The third-order valence-electron chi connectivity index (χ3n) is 6.50. The first-order valence-electron chi connectivity index (χ1n) is 9.70. The molecule has 2 fully saturated rings. The number of carbonyl (C=O) groups is 1. The van der Waals surface area contributed by atoms with Gasteiger partial charge in [-0.15, -0.1) is 0 Å². The molecule has 132 valence electrons. The van der Waals surface area contributed by atoms with Crippen molar-refractivity contribution in [3.8, 4) is 0 Å². The zero-order valence-electron chi connectivity index (χ0n) is 15.9. The standard InChI is InChI=1S/C21H32N2O/c1-5-23(12-8-6-7-9-13-23)21(10-11-21)20(24)22-19-17(3)14-16(2)15-18(19)4/h14-15H,5-13H2,1-4H3/p+1. The lowest BCUT2D eigenvalue weighted by Gasteiger charge is -2.43. The Hall–Kier alpha value is -1.35. The first-order chi connectivity index (χ1) is 11.4. The van der Waals surface area contributed by atoms with E-state index in [2.05, 4.69) is 45.1 Å². The van der Waals surface area contributed by atoms with Crippen molar-refractivity contribution in [2.24, 2.45) is 0 Å². The number of likely N-dealkylation sites (N-methyl/N-ethyl adjacent to an activating group) is 1. The van der Waals surface area contributed by atoms with Gasteiger partial charge in [-0.05, 0) is 64.5 Å². The number of anilines is 1. The van der Waals surface area contributed by atoms with Gasteiger partial charge in [0.05, 0.1) is 19.6 Å². The Morgan fingerprint density at radius 3 is 2.04 bits per heavy atom. The Morgan fingerprint density at radius 2 is 1.58 bits per heavy atom. The molecule has 3 rings (SSSR count). The van der Waals surface area contributed by atoms with Crippen LogP contribution in [0, 0.1) is 20.8 Å². The SMILES string of the molecule is CC[N+]1(C2(C(=O)Nc3c(C)cc(C)cc3C)CC2)CCCCCC1. The summed E-state index contributed by atoms with van der Waals surface area (Å²) < 4.78 is 1.02. The summed E-state index contributed by atoms with van der Waals surface area (Å²) in [5.74, 6) is 0.265. The van der Waals surface area contributed by atoms with Gasteiger partial charge in [-0.3, -0.25) is 4.79 Å². The van der Waals surface area contributed by atoms with E-state index < -0.39 is 0 Å². The van der Waals surface area contributed by atoms with Gasteiger partial charge in [-0.1, -0.05) is 17.7 Å². The molecule has 1 saturated carbocycles. The van der Waals surface area contributed by atoms with E-state index in [0.29, 0.717) is 0 Å². The molecule has 1 aliphatic heterocycles. The molecule has 1 N–H and O–H groups in total. The number of carbonyl (C=O) groups excluding carboxylic acids is 1. The molecule has 1 aromatic rings. The summed E-state index contributed by atoms with van der Waals surface area (Å²) in [6.45, 7) is 12.0. The lowest BCUT2D eigenvalue weighted by molar-refractivity contribution is -0.950. The molecule has 0 atom stereocenters. The molecule has 1 heterocycles. The summed E-state index contributed by atoms with van der Waals surface area (Å²) in [7, 11) is 0. The molecule has 0 radical (unpaired) electrons. The van der Waals surface area contributed by atoms with Gasteiger partial charge in [0.25, 0.3) is 5.91 Å². The number of rotatable bonds is 4. The van der Waals surface area contributed by atoms with Crippen LogP contribution in [0.2, 0.25) is 0 Å². The molecule has 0 unspecified atom stereocenters. The third-order valence-corrected chi connectivity index (χ3v) is 6.50. The summed E-state index contributed by atoms with van der Waals surface area (Å²) in [6, 6.07) is 4.33. The zero-order valence-corrected chi connectivity index (χ0v) is 15.9. The van der Waals surface area contributed by atoms with Crippen LogP contribution in [0.25, 0.3) is 0 Å². The maximum Gasteiger partial charge on any atom is 0.285 e. The second-order valence-corrected chi connectivity index (χ2v) is 8.08. The molecule has 3 nitrogen and oxygen atoms in total. The van der Waals surface area contributed by atoms with Crippen LogP contribution in [0.3, 0.4) is 0 Å². The lowest BCUT2D eigenvalue weighted by atomic mass is 10.0. The summed E-state index contributed by atoms with van der Waals surface area (Å²) in [4.78, 5) is 13.3. The van der Waals surface area contributed by atoms with Crippen molar-refractivity contribution in [1.29, 1.82) is 0 Å². The molecule has 0 aromatic heterocycles. The highest BCUT2D eigenvalue weighted by Gasteiger charge is 2.64. The number of amides is 1. The summed E-state index contributed by atoms with van der Waals surface area (Å²) >= 11 is 0. The number of aryl methyl sites for hydroxylation is 3. The van der Waals surface area contributed by atoms with E-state index in [1.54, 1.807) is 0 Å². The Morgan fingerprint density at radius 1 is 1.04 bits per heavy atom. The van der Waals surface area contributed by atoms with Crippen molar-refractivity contribution in [1.82, 2.24) is 0 Å². The summed E-state index contributed by atoms with van der Waals surface area (Å²) in [5, 5.41) is 3.33. The molecule has 2 aliphatic rings. The van der Waals surface area contributed by atoms with Crippen LogP contribution in [0.1, 0.15) is 62.1 Å². The first-order valence-corrected chi connectivity index (χ1v) is 9.70. The Kier molecular flexibility index (Phi) is 4.74. The number of hydrogen-bond donors (Lipinski definition) is 1. The number of benzene rings is 1. The largest absolute Gasteiger partial charge is 0.320 e. The van der Waals surface area contributed by atoms with E-state index in [4.69, 9.17) is 0 Å². The van der Waals surface area contributed by atoms with E-state index >= 15 is 0 Å². The topological polar surface area (TPSA) is 29.1 Å². The molecule has 1 amide bonds. The normalized spacial score (nSPS) is 21.8. The van der Waals surface area contributed by atoms with Gasteiger partial charge >= 0.3 is 0 Å². The molecule has 3 heteroatoms. The highest BCUT2D eigenvalue weighted by atomic mass is 16.2. The van der Waals surface area contributed by atoms with E-state index in [1.807, 2.05) is 0 Å². The van der Waals surface area contributed by atoms with Crippen molar-refractivity contribution in [3.05, 3.63) is 28.8 Å². The van der Waals surface area contributed by atoms with Crippen molar-refractivity contribution < 1.29 is 9.28 Å². The fourth-order valence-corrected chi connectivity index (χ4v) is 4.98. The van der Waals surface area contributed by atoms with Gasteiger partial charge in [0.2, 0.25) is 0 Å². The van der Waals surface area contributed by atoms with Crippen LogP contribution < -0.4 is 5.32 Å². The predicted molar refractivity (Wildman–Crippen MR) is 100 cm³/mol. The number of nitrogens with zero attached hydrogens (tertiary/aromatic N) is 1. The monoisotopic (exact) mass is 329 g/mol. The number of hydrogen-bond acceptors (Lipinski definition) is 1. The van der Waals surface area contributed by atoms with Crippen LogP contribution in [0.4, 0.5) is 5.69 Å². The van der Waals surface area contributed by atoms with Gasteiger partial charge in [0.1, 0.15) is 0 Å². The minimum absolute atomic E-state index is 0.164. The van der Waals surface area contributed by atoms with Crippen molar-refractivity contribution in [3.63, 3.8) is 0 Å². The Balaban J connectivity index is 1.86. The highest BCUT2D eigenvalue weighted by Crippen LogP contribution is 2.49. The molecule has 0 spiro atoms. The van der Waals surface area contributed by atoms with Gasteiger partial charge in [-0.25, -0.2) is 0 Å². The van der Waals surface area contributed by atoms with Gasteiger partial charge in [-0.2, -0.15) is 0 Å². The fraction of sp³-hybridized carbons (Fsp3) is 0.667. The molecule has 24 heavy (non-hydrogen) atoms. The van der Waals surface area contributed by atoms with E-state index in [0.717, 1.165) is 29.6 Å². The fourth-order valence-electron chi connectivity index (χ4n) is 4.98. The van der Waals surface area contributed by atoms with Crippen molar-refractivity contribution >= 4 is 11.6 Å². The quantitative estimate of drug-likeness (QED) is 0.810. The highest BCUT2D eigenvalue weighted by molar-refractivity contribution is 6.00. The van der Waals surface area contributed by atoms with Gasteiger partial charge in [0.15, 0.2) is 5.54 Å². The number of quaternary nitrogens is 1. The van der Waals surface area contributed by atoms with Crippen LogP contribution >= 0.6 is 0 Å². The number of nitrogens with one attached hydrogen (secondary N) is 1. The molecule has 1 aliphatic carbocycles. The summed E-state index contributed by atoms with van der Waals surface area (Å²) in [5.41, 5.74) is 4.48. The second-order valence-electron chi connectivity index (χ2n) is 8.08. The zero-order chi connectivity index (χ0) is 17.4. The first kappa shape index (κ1) is 17.5. The molecular weight excluding hydrogens is 296 g/mol. The van der Waals surface area contributed by atoms with Crippen LogP contribution in [0.15, 0.2) is 12.1 Å². The lowest BCUT2D eigenvalue weighted by Crippen LogP contribution is -2.62.